The van der Waals surface area contributed by atoms with Gasteiger partial charge in [0.15, 0.2) is 5.69 Å². The third-order valence-electron chi connectivity index (χ3n) is 3.68. The van der Waals surface area contributed by atoms with Gasteiger partial charge < -0.3 is 10.1 Å². The van der Waals surface area contributed by atoms with Crippen molar-refractivity contribution in [3.63, 3.8) is 0 Å². The molecule has 0 saturated carbocycles. The van der Waals surface area contributed by atoms with Crippen LogP contribution in [0, 0.1) is 13.8 Å². The van der Waals surface area contributed by atoms with Gasteiger partial charge in [0.2, 0.25) is 0 Å². The van der Waals surface area contributed by atoms with Crippen molar-refractivity contribution in [2.75, 3.05) is 11.9 Å². The Hall–Kier alpha value is -2.14. The number of rotatable bonds is 2. The number of aromatic amines is 1. The van der Waals surface area contributed by atoms with Crippen molar-refractivity contribution < 1.29 is 9.53 Å². The minimum absolute atomic E-state index is 0.198. The van der Waals surface area contributed by atoms with Crippen molar-refractivity contribution in [3.05, 3.63) is 46.3 Å². The number of hydrogen-bond acceptors (Lipinski definition) is 3. The van der Waals surface area contributed by atoms with Crippen LogP contribution >= 0.6 is 0 Å². The van der Waals surface area contributed by atoms with Crippen molar-refractivity contribution in [3.8, 4) is 0 Å². The molecule has 3 rings (SSSR count). The van der Waals surface area contributed by atoms with E-state index in [1.54, 1.807) is 0 Å². The highest BCUT2D eigenvalue weighted by atomic mass is 16.5. The van der Waals surface area contributed by atoms with E-state index in [9.17, 15) is 4.79 Å². The first kappa shape index (κ1) is 12.9. The molecule has 5 nitrogen and oxygen atoms in total. The number of amides is 1. The van der Waals surface area contributed by atoms with E-state index in [1.807, 2.05) is 32.0 Å². The number of nitrogens with zero attached hydrogens (tertiary/aromatic N) is 1. The zero-order valence-electron chi connectivity index (χ0n) is 11.6. The highest BCUT2D eigenvalue weighted by Crippen LogP contribution is 2.20. The molecule has 1 aliphatic rings. The number of carbonyl (C=O) groups is 1. The number of H-pyrrole nitrogens is 1. The minimum Gasteiger partial charge on any atom is -0.376 e. The summed E-state index contributed by atoms with van der Waals surface area (Å²) < 4.78 is 5.39. The number of fused-ring (bicyclic) bond motifs is 1. The smallest absolute Gasteiger partial charge is 0.276 e. The Morgan fingerprint density at radius 2 is 2.20 bits per heavy atom. The molecule has 5 heteroatoms. The molecule has 0 radical (unpaired) electrons. The largest absolute Gasteiger partial charge is 0.376 e. The van der Waals surface area contributed by atoms with Crippen molar-refractivity contribution in [1.82, 2.24) is 10.2 Å². The van der Waals surface area contributed by atoms with Gasteiger partial charge in [0.05, 0.1) is 13.2 Å². The number of aryl methyl sites for hydroxylation is 2. The Morgan fingerprint density at radius 1 is 1.35 bits per heavy atom. The zero-order valence-corrected chi connectivity index (χ0v) is 11.6. The topological polar surface area (TPSA) is 67.0 Å². The summed E-state index contributed by atoms with van der Waals surface area (Å²) >= 11 is 0. The van der Waals surface area contributed by atoms with Crippen LogP contribution in [0.15, 0.2) is 18.2 Å². The van der Waals surface area contributed by atoms with Crippen molar-refractivity contribution in [2.24, 2.45) is 0 Å². The Balaban J connectivity index is 1.82. The van der Waals surface area contributed by atoms with E-state index in [0.717, 1.165) is 28.9 Å². The summed E-state index contributed by atoms with van der Waals surface area (Å²) in [5.41, 5.74) is 5.44. The molecule has 0 aliphatic carbocycles. The van der Waals surface area contributed by atoms with Gasteiger partial charge >= 0.3 is 0 Å². The average molecular weight is 271 g/mol. The van der Waals surface area contributed by atoms with Gasteiger partial charge in [0.1, 0.15) is 0 Å². The van der Waals surface area contributed by atoms with Crippen molar-refractivity contribution in [2.45, 2.75) is 26.9 Å². The van der Waals surface area contributed by atoms with Gasteiger partial charge in [-0.25, -0.2) is 0 Å². The third kappa shape index (κ3) is 2.32. The van der Waals surface area contributed by atoms with Crippen LogP contribution in [0.3, 0.4) is 0 Å². The van der Waals surface area contributed by atoms with Crippen LogP contribution in [0.4, 0.5) is 5.69 Å². The molecule has 0 spiro atoms. The molecule has 1 aromatic heterocycles. The fourth-order valence-corrected chi connectivity index (χ4v) is 2.31. The first-order valence-corrected chi connectivity index (χ1v) is 6.67. The van der Waals surface area contributed by atoms with Crippen LogP contribution in [-0.2, 0) is 17.8 Å². The predicted octanol–water partition coefficient (Wildman–Crippen LogP) is 2.35. The number of hydrogen-bond donors (Lipinski definition) is 2. The maximum atomic E-state index is 12.3. The Morgan fingerprint density at radius 3 is 3.00 bits per heavy atom. The molecule has 2 heterocycles. The summed E-state index contributed by atoms with van der Waals surface area (Å²) in [6, 6.07) is 5.85. The van der Waals surface area contributed by atoms with E-state index in [1.165, 1.54) is 5.56 Å². The SMILES string of the molecule is Cc1ccc(NC(=O)c2n[nH]c3c2COCC3)cc1C. The number of ether oxygens (including phenoxy) is 1. The van der Waals surface area contributed by atoms with Gasteiger partial charge in [-0.2, -0.15) is 5.10 Å². The number of aromatic nitrogens is 2. The Bertz CT molecular complexity index is 661. The summed E-state index contributed by atoms with van der Waals surface area (Å²) in [5, 5.41) is 9.92. The lowest BCUT2D eigenvalue weighted by atomic mass is 10.1. The van der Waals surface area contributed by atoms with Gasteiger partial charge in [-0.3, -0.25) is 9.89 Å². The van der Waals surface area contributed by atoms with Crippen LogP contribution in [-0.4, -0.2) is 22.7 Å². The highest BCUT2D eigenvalue weighted by Gasteiger charge is 2.22. The number of anilines is 1. The van der Waals surface area contributed by atoms with Gasteiger partial charge in [-0.05, 0) is 37.1 Å². The maximum absolute atomic E-state index is 12.3. The molecule has 1 amide bonds. The quantitative estimate of drug-likeness (QED) is 0.881. The first-order valence-electron chi connectivity index (χ1n) is 6.67. The van der Waals surface area contributed by atoms with E-state index in [0.29, 0.717) is 18.9 Å². The van der Waals surface area contributed by atoms with Gasteiger partial charge in [-0.1, -0.05) is 6.07 Å². The fraction of sp³-hybridized carbons (Fsp3) is 0.333. The highest BCUT2D eigenvalue weighted by molar-refractivity contribution is 6.04. The molecule has 1 aliphatic heterocycles. The van der Waals surface area contributed by atoms with Crippen LogP contribution in [0.1, 0.15) is 32.9 Å². The molecular weight excluding hydrogens is 254 g/mol. The summed E-state index contributed by atoms with van der Waals surface area (Å²) in [7, 11) is 0. The monoisotopic (exact) mass is 271 g/mol. The number of benzene rings is 1. The molecule has 0 saturated heterocycles. The van der Waals surface area contributed by atoms with Gasteiger partial charge in [-0.15, -0.1) is 0 Å². The van der Waals surface area contributed by atoms with E-state index in [2.05, 4.69) is 15.5 Å². The molecule has 2 aromatic rings. The van der Waals surface area contributed by atoms with Gasteiger partial charge in [0, 0.05) is 23.4 Å². The van der Waals surface area contributed by atoms with E-state index in [-0.39, 0.29) is 5.91 Å². The van der Waals surface area contributed by atoms with E-state index in [4.69, 9.17) is 4.74 Å². The zero-order chi connectivity index (χ0) is 14.1. The predicted molar refractivity (Wildman–Crippen MR) is 75.8 cm³/mol. The second kappa shape index (κ2) is 5.09. The molecule has 0 fully saturated rings. The fourth-order valence-electron chi connectivity index (χ4n) is 2.31. The maximum Gasteiger partial charge on any atom is 0.276 e. The molecule has 104 valence electrons. The summed E-state index contributed by atoms with van der Waals surface area (Å²) in [4.78, 5) is 12.3. The second-order valence-electron chi connectivity index (χ2n) is 5.09. The molecule has 20 heavy (non-hydrogen) atoms. The standard InChI is InChI=1S/C15H17N3O2/c1-9-3-4-11(7-10(9)2)16-15(19)14-12-8-20-6-5-13(12)17-18-14/h3-4,7H,5-6,8H2,1-2H3,(H,16,19)(H,17,18). The minimum atomic E-state index is -0.198. The van der Waals surface area contributed by atoms with Crippen molar-refractivity contribution in [1.29, 1.82) is 0 Å². The lowest BCUT2D eigenvalue weighted by molar-refractivity contribution is 0.0985. The third-order valence-corrected chi connectivity index (χ3v) is 3.68. The Labute approximate surface area is 117 Å². The molecule has 0 bridgehead atoms. The summed E-state index contributed by atoms with van der Waals surface area (Å²) in [5.74, 6) is -0.198. The lowest BCUT2D eigenvalue weighted by Crippen LogP contribution is -2.17. The normalized spacial score (nSPS) is 13.9. The summed E-state index contributed by atoms with van der Waals surface area (Å²) in [6.07, 6.45) is 0.777. The molecule has 1 aromatic carbocycles. The van der Waals surface area contributed by atoms with Gasteiger partial charge in [0.25, 0.3) is 5.91 Å². The second-order valence-corrected chi connectivity index (χ2v) is 5.09. The summed E-state index contributed by atoms with van der Waals surface area (Å²) in [6.45, 7) is 5.19. The number of nitrogens with one attached hydrogen (secondary N) is 2. The Kier molecular flexibility index (Phi) is 3.28. The lowest BCUT2D eigenvalue weighted by Gasteiger charge is -2.12. The first-order chi connectivity index (χ1) is 9.65. The molecule has 2 N–H and O–H groups in total. The average Bonchev–Trinajstić information content (AvgIpc) is 2.87. The van der Waals surface area contributed by atoms with E-state index < -0.39 is 0 Å². The van der Waals surface area contributed by atoms with Crippen LogP contribution in [0.5, 0.6) is 0 Å². The molecule has 0 unspecified atom stereocenters. The molecular formula is C15H17N3O2. The number of carbonyl (C=O) groups excluding carboxylic acids is 1. The van der Waals surface area contributed by atoms with Crippen LogP contribution < -0.4 is 5.32 Å². The van der Waals surface area contributed by atoms with E-state index >= 15 is 0 Å². The molecule has 0 atom stereocenters. The van der Waals surface area contributed by atoms with Crippen LogP contribution in [0.2, 0.25) is 0 Å². The van der Waals surface area contributed by atoms with Crippen molar-refractivity contribution >= 4 is 11.6 Å². The van der Waals surface area contributed by atoms with Crippen LogP contribution in [0.25, 0.3) is 0 Å².